The van der Waals surface area contributed by atoms with E-state index >= 15 is 0 Å². The molecule has 0 radical (unpaired) electrons. The lowest BCUT2D eigenvalue weighted by atomic mass is 10.1. The van der Waals surface area contributed by atoms with Gasteiger partial charge in [0.15, 0.2) is 0 Å². The third-order valence-corrected chi connectivity index (χ3v) is 3.93. The minimum absolute atomic E-state index is 0.285. The summed E-state index contributed by atoms with van der Waals surface area (Å²) in [6, 6.07) is 6.05. The highest BCUT2D eigenvalue weighted by Crippen LogP contribution is 2.26. The van der Waals surface area contributed by atoms with Crippen LogP contribution in [0.2, 0.25) is 5.02 Å². The number of rotatable bonds is 6. The summed E-state index contributed by atoms with van der Waals surface area (Å²) in [7, 11) is 0. The van der Waals surface area contributed by atoms with Crippen molar-refractivity contribution in [3.8, 4) is 0 Å². The van der Waals surface area contributed by atoms with Crippen LogP contribution >= 0.6 is 11.6 Å². The molecule has 1 N–H and O–H groups in total. The summed E-state index contributed by atoms with van der Waals surface area (Å²) in [5, 5.41) is 3.06. The van der Waals surface area contributed by atoms with Crippen LogP contribution in [0.4, 0.5) is 18.9 Å². The van der Waals surface area contributed by atoms with E-state index in [4.69, 9.17) is 11.6 Å². The first kappa shape index (κ1) is 19.5. The molecule has 9 heteroatoms. The maximum absolute atomic E-state index is 12.4. The Morgan fingerprint density at radius 1 is 1.40 bits per heavy atom. The van der Waals surface area contributed by atoms with Crippen LogP contribution in [-0.2, 0) is 14.3 Å². The van der Waals surface area contributed by atoms with Crippen molar-refractivity contribution in [3.63, 3.8) is 0 Å². The van der Waals surface area contributed by atoms with Gasteiger partial charge in [-0.3, -0.25) is 9.59 Å². The van der Waals surface area contributed by atoms with Crippen LogP contribution in [0.5, 0.6) is 0 Å². The van der Waals surface area contributed by atoms with Crippen LogP contribution in [0.3, 0.4) is 0 Å². The normalized spacial score (nSPS) is 19.2. The summed E-state index contributed by atoms with van der Waals surface area (Å²) in [6.45, 7) is 0.245. The Morgan fingerprint density at radius 2 is 2.04 bits per heavy atom. The molecular weight excluding hydrogens is 361 g/mol. The minimum atomic E-state index is -4.41. The maximum Gasteiger partial charge on any atom is 0.411 e. The van der Waals surface area contributed by atoms with Gasteiger partial charge in [-0.05, 0) is 37.6 Å². The van der Waals surface area contributed by atoms with Gasteiger partial charge in [0, 0.05) is 23.3 Å². The van der Waals surface area contributed by atoms with E-state index in [9.17, 15) is 22.8 Å². The smallest absolute Gasteiger partial charge is 0.370 e. The molecule has 0 spiro atoms. The van der Waals surface area contributed by atoms with E-state index in [-0.39, 0.29) is 12.5 Å². The molecule has 1 heterocycles. The third-order valence-electron chi connectivity index (χ3n) is 3.68. The molecule has 1 aromatic rings. The van der Waals surface area contributed by atoms with E-state index in [0.717, 1.165) is 0 Å². The summed E-state index contributed by atoms with van der Waals surface area (Å²) in [5.74, 6) is -1.71. The van der Waals surface area contributed by atoms with Crippen molar-refractivity contribution in [1.82, 2.24) is 5.32 Å². The number of nitrogens with zero attached hydrogens (tertiary/aromatic N) is 1. The molecule has 2 amide bonds. The molecule has 1 aromatic carbocycles. The molecule has 25 heavy (non-hydrogen) atoms. The number of ether oxygens (including phenoxy) is 1. The van der Waals surface area contributed by atoms with E-state index in [1.165, 1.54) is 11.8 Å². The van der Waals surface area contributed by atoms with Crippen LogP contribution in [0.25, 0.3) is 0 Å². The number of benzene rings is 1. The van der Waals surface area contributed by atoms with Gasteiger partial charge in [-0.1, -0.05) is 11.6 Å². The van der Waals surface area contributed by atoms with Crippen LogP contribution in [0.15, 0.2) is 24.3 Å². The maximum atomic E-state index is 12.4. The van der Waals surface area contributed by atoms with Gasteiger partial charge in [0.05, 0.1) is 6.61 Å². The van der Waals surface area contributed by atoms with Crippen molar-refractivity contribution in [2.75, 3.05) is 24.7 Å². The molecule has 0 bridgehead atoms. The largest absolute Gasteiger partial charge is 0.411 e. The molecule has 5 nitrogen and oxygen atoms in total. The summed E-state index contributed by atoms with van der Waals surface area (Å²) < 4.78 is 40.6. The number of alkyl halides is 3. The molecule has 2 atom stereocenters. The van der Waals surface area contributed by atoms with Crippen LogP contribution < -0.4 is 10.2 Å². The van der Waals surface area contributed by atoms with E-state index in [1.807, 2.05) is 0 Å². The first-order valence-electron chi connectivity index (χ1n) is 7.69. The van der Waals surface area contributed by atoms with Gasteiger partial charge < -0.3 is 15.0 Å². The predicted octanol–water partition coefficient (Wildman–Crippen LogP) is 2.78. The molecule has 1 saturated heterocycles. The number of amides is 2. The minimum Gasteiger partial charge on any atom is -0.370 e. The molecule has 0 saturated carbocycles. The van der Waals surface area contributed by atoms with Gasteiger partial charge in [-0.25, -0.2) is 0 Å². The van der Waals surface area contributed by atoms with Crippen LogP contribution in [-0.4, -0.2) is 43.8 Å². The van der Waals surface area contributed by atoms with Gasteiger partial charge in [-0.15, -0.1) is 0 Å². The standard InChI is InChI=1S/C16H18ClF3N2O3/c1-10(8-25-9-16(18,19)20)21-14(23)13-6-7-22(15(13)24)12-4-2-11(17)3-5-12/h2-5,10,13H,6-9H2,1H3,(H,21,23). The van der Waals surface area contributed by atoms with Crippen molar-refractivity contribution in [1.29, 1.82) is 0 Å². The van der Waals surface area contributed by atoms with Crippen molar-refractivity contribution in [2.45, 2.75) is 25.6 Å². The zero-order chi connectivity index (χ0) is 18.6. The van der Waals surface area contributed by atoms with Gasteiger partial charge >= 0.3 is 6.18 Å². The summed E-state index contributed by atoms with van der Waals surface area (Å²) in [5.41, 5.74) is 0.645. The molecule has 0 aliphatic carbocycles. The van der Waals surface area contributed by atoms with E-state index < -0.39 is 30.7 Å². The molecule has 1 fully saturated rings. The number of hydrogen-bond acceptors (Lipinski definition) is 3. The van der Waals surface area contributed by atoms with Crippen LogP contribution in [0, 0.1) is 5.92 Å². The van der Waals surface area contributed by atoms with Crippen molar-refractivity contribution in [2.24, 2.45) is 5.92 Å². The van der Waals surface area contributed by atoms with E-state index in [0.29, 0.717) is 23.7 Å². The van der Waals surface area contributed by atoms with Crippen molar-refractivity contribution < 1.29 is 27.5 Å². The average molecular weight is 379 g/mol. The molecule has 0 aromatic heterocycles. The van der Waals surface area contributed by atoms with Crippen molar-refractivity contribution >= 4 is 29.1 Å². The first-order valence-corrected chi connectivity index (χ1v) is 8.07. The van der Waals surface area contributed by atoms with Gasteiger partial charge in [0.25, 0.3) is 0 Å². The lowest BCUT2D eigenvalue weighted by molar-refractivity contribution is -0.175. The fraction of sp³-hybridized carbons (Fsp3) is 0.500. The highest BCUT2D eigenvalue weighted by atomic mass is 35.5. The number of anilines is 1. The quantitative estimate of drug-likeness (QED) is 0.774. The predicted molar refractivity (Wildman–Crippen MR) is 86.4 cm³/mol. The average Bonchev–Trinajstić information content (AvgIpc) is 2.88. The lowest BCUT2D eigenvalue weighted by Crippen LogP contribution is -2.43. The number of halogens is 4. The highest BCUT2D eigenvalue weighted by Gasteiger charge is 2.38. The Morgan fingerprint density at radius 3 is 2.64 bits per heavy atom. The molecule has 2 rings (SSSR count). The van der Waals surface area contributed by atoms with E-state index in [1.54, 1.807) is 24.3 Å². The monoisotopic (exact) mass is 378 g/mol. The molecule has 138 valence electrons. The Bertz CT molecular complexity index is 622. The molecule has 1 aliphatic heterocycles. The summed E-state index contributed by atoms with van der Waals surface area (Å²) >= 11 is 5.81. The fourth-order valence-electron chi connectivity index (χ4n) is 2.54. The lowest BCUT2D eigenvalue weighted by Gasteiger charge is -2.19. The Labute approximate surface area is 148 Å². The molecule has 2 unspecified atom stereocenters. The number of nitrogens with one attached hydrogen (secondary N) is 1. The summed E-state index contributed by atoms with van der Waals surface area (Å²) in [4.78, 5) is 26.1. The molecule has 1 aliphatic rings. The second-order valence-corrected chi connectivity index (χ2v) is 6.28. The Kier molecular flexibility index (Phi) is 6.29. The number of carbonyl (C=O) groups is 2. The number of hydrogen-bond donors (Lipinski definition) is 1. The van der Waals surface area contributed by atoms with Gasteiger partial charge in [0.2, 0.25) is 11.8 Å². The van der Waals surface area contributed by atoms with Gasteiger partial charge in [-0.2, -0.15) is 13.2 Å². The van der Waals surface area contributed by atoms with Gasteiger partial charge in [0.1, 0.15) is 12.5 Å². The first-order chi connectivity index (χ1) is 11.7. The van der Waals surface area contributed by atoms with Crippen LogP contribution in [0.1, 0.15) is 13.3 Å². The van der Waals surface area contributed by atoms with Crippen molar-refractivity contribution in [3.05, 3.63) is 29.3 Å². The van der Waals surface area contributed by atoms with E-state index in [2.05, 4.69) is 10.1 Å². The second kappa shape index (κ2) is 8.05. The zero-order valence-corrected chi connectivity index (χ0v) is 14.2. The Balaban J connectivity index is 1.86. The fourth-order valence-corrected chi connectivity index (χ4v) is 2.66. The second-order valence-electron chi connectivity index (χ2n) is 5.85. The topological polar surface area (TPSA) is 58.6 Å². The summed E-state index contributed by atoms with van der Waals surface area (Å²) in [6.07, 6.45) is -4.08. The third kappa shape index (κ3) is 5.61. The Hall–Kier alpha value is -1.80. The highest BCUT2D eigenvalue weighted by molar-refractivity contribution is 6.30. The number of carbonyl (C=O) groups excluding carboxylic acids is 2. The zero-order valence-electron chi connectivity index (χ0n) is 13.5. The SMILES string of the molecule is CC(COCC(F)(F)F)NC(=O)C1CCN(c2ccc(Cl)cc2)C1=O. The molecular formula is C16H18ClF3N2O3.